The third-order valence-electron chi connectivity index (χ3n) is 4.05. The Labute approximate surface area is 169 Å². The van der Waals surface area contributed by atoms with Gasteiger partial charge in [0.05, 0.1) is 0 Å². The Morgan fingerprint density at radius 2 is 1.64 bits per heavy atom. The number of rotatable bonds is 6. The highest BCUT2D eigenvalue weighted by Gasteiger charge is 2.32. The molecule has 0 aliphatic carbocycles. The first kappa shape index (κ1) is 21.7. The Bertz CT molecular complexity index is 901. The number of hydrogen-bond acceptors (Lipinski definition) is 5. The zero-order valence-corrected chi connectivity index (χ0v) is 17.2. The van der Waals surface area contributed by atoms with Gasteiger partial charge in [-0.2, -0.15) is 0 Å². The summed E-state index contributed by atoms with van der Waals surface area (Å²) in [6, 6.07) is 13.3. The molecule has 0 radical (unpaired) electrons. The van der Waals surface area contributed by atoms with Gasteiger partial charge >= 0.3 is 11.9 Å². The van der Waals surface area contributed by atoms with E-state index in [-0.39, 0.29) is 6.61 Å². The van der Waals surface area contributed by atoms with E-state index in [1.54, 1.807) is 38.1 Å². The molecule has 0 atom stereocenters. The van der Waals surface area contributed by atoms with Gasteiger partial charge in [-0.3, -0.25) is 9.59 Å². The molecule has 0 aliphatic heterocycles. The smallest absolute Gasteiger partial charge is 0.303 e. The van der Waals surface area contributed by atoms with Crippen LogP contribution in [-0.4, -0.2) is 24.1 Å². The van der Waals surface area contributed by atoms with Crippen molar-refractivity contribution in [3.63, 3.8) is 0 Å². The molecule has 6 heteroatoms. The SMILES string of the molecule is CC(=O)OC/C(=C(/c1ccc(S)cc1)C(C)(C)OC(C)=O)c1cccc(F)c1. The summed E-state index contributed by atoms with van der Waals surface area (Å²) >= 11 is 4.31. The van der Waals surface area contributed by atoms with Gasteiger partial charge in [0.1, 0.15) is 18.0 Å². The molecule has 2 aromatic rings. The van der Waals surface area contributed by atoms with Crippen molar-refractivity contribution >= 4 is 35.7 Å². The van der Waals surface area contributed by atoms with Crippen LogP contribution in [0.5, 0.6) is 0 Å². The molecule has 0 bridgehead atoms. The van der Waals surface area contributed by atoms with Gasteiger partial charge in [-0.05, 0) is 49.2 Å². The standard InChI is InChI=1S/C22H23FO4S/c1-14(24)26-13-20(17-6-5-7-18(23)12-17)21(22(3,4)27-15(2)25)16-8-10-19(28)11-9-16/h5-12,28H,13H2,1-4H3/b21-20+. The second-order valence-electron chi connectivity index (χ2n) is 6.79. The second-order valence-corrected chi connectivity index (χ2v) is 7.31. The van der Waals surface area contributed by atoms with E-state index in [0.29, 0.717) is 16.7 Å². The van der Waals surface area contributed by atoms with Crippen LogP contribution in [0.25, 0.3) is 11.1 Å². The summed E-state index contributed by atoms with van der Waals surface area (Å²) in [5, 5.41) is 0. The summed E-state index contributed by atoms with van der Waals surface area (Å²) in [4.78, 5) is 24.0. The van der Waals surface area contributed by atoms with E-state index in [4.69, 9.17) is 9.47 Å². The van der Waals surface area contributed by atoms with E-state index in [9.17, 15) is 14.0 Å². The molecule has 148 valence electrons. The fraction of sp³-hybridized carbons (Fsp3) is 0.273. The van der Waals surface area contributed by atoms with Crippen molar-refractivity contribution in [3.8, 4) is 0 Å². The van der Waals surface area contributed by atoms with E-state index in [2.05, 4.69) is 12.6 Å². The van der Waals surface area contributed by atoms with Gasteiger partial charge in [0.25, 0.3) is 0 Å². The molecule has 0 N–H and O–H groups in total. The zero-order chi connectivity index (χ0) is 20.9. The molecular formula is C22H23FO4S. The highest BCUT2D eigenvalue weighted by molar-refractivity contribution is 7.80. The Morgan fingerprint density at radius 3 is 2.18 bits per heavy atom. The van der Waals surface area contributed by atoms with Crippen LogP contribution in [0.1, 0.15) is 38.8 Å². The third kappa shape index (κ3) is 5.70. The maximum Gasteiger partial charge on any atom is 0.303 e. The summed E-state index contributed by atoms with van der Waals surface area (Å²) in [7, 11) is 0. The predicted octanol–water partition coefficient (Wildman–Crippen LogP) is 4.93. The Hall–Kier alpha value is -2.60. The fourth-order valence-corrected chi connectivity index (χ4v) is 3.22. The number of carbonyl (C=O) groups excluding carboxylic acids is 2. The molecule has 0 aromatic heterocycles. The first-order valence-electron chi connectivity index (χ1n) is 8.72. The second kappa shape index (κ2) is 9.06. The molecule has 0 aliphatic rings. The molecule has 0 unspecified atom stereocenters. The summed E-state index contributed by atoms with van der Waals surface area (Å²) in [5.41, 5.74) is 1.38. The van der Waals surface area contributed by atoms with Gasteiger partial charge in [0.15, 0.2) is 0 Å². The van der Waals surface area contributed by atoms with Gasteiger partial charge in [-0.1, -0.05) is 24.3 Å². The van der Waals surface area contributed by atoms with Crippen LogP contribution in [0, 0.1) is 5.82 Å². The van der Waals surface area contributed by atoms with Crippen LogP contribution < -0.4 is 0 Å². The number of benzene rings is 2. The quantitative estimate of drug-likeness (QED) is 0.423. The normalized spacial score (nSPS) is 12.2. The molecule has 2 rings (SSSR count). The molecule has 0 heterocycles. The molecule has 0 saturated carbocycles. The van der Waals surface area contributed by atoms with Crippen LogP contribution in [0.15, 0.2) is 53.4 Å². The highest BCUT2D eigenvalue weighted by atomic mass is 32.1. The maximum absolute atomic E-state index is 13.9. The minimum absolute atomic E-state index is 0.0958. The van der Waals surface area contributed by atoms with Crippen molar-refractivity contribution in [1.82, 2.24) is 0 Å². The van der Waals surface area contributed by atoms with Crippen molar-refractivity contribution in [2.45, 2.75) is 38.2 Å². The number of ether oxygens (including phenoxy) is 2. The molecule has 4 nitrogen and oxygen atoms in total. The number of carbonyl (C=O) groups is 2. The summed E-state index contributed by atoms with van der Waals surface area (Å²) < 4.78 is 24.7. The molecular weight excluding hydrogens is 379 g/mol. The third-order valence-corrected chi connectivity index (χ3v) is 4.35. The first-order valence-corrected chi connectivity index (χ1v) is 9.17. The molecule has 0 fully saturated rings. The van der Waals surface area contributed by atoms with Crippen LogP contribution in [-0.2, 0) is 19.1 Å². The van der Waals surface area contributed by atoms with Gasteiger partial charge in [0, 0.05) is 29.9 Å². The minimum atomic E-state index is -1.06. The average molecular weight is 402 g/mol. The molecule has 0 spiro atoms. The summed E-state index contributed by atoms with van der Waals surface area (Å²) in [5.74, 6) is -1.35. The predicted molar refractivity (Wildman–Crippen MR) is 109 cm³/mol. The van der Waals surface area contributed by atoms with E-state index < -0.39 is 23.4 Å². The van der Waals surface area contributed by atoms with Gasteiger partial charge in [-0.15, -0.1) is 12.6 Å². The lowest BCUT2D eigenvalue weighted by Crippen LogP contribution is -2.30. The summed E-state index contributed by atoms with van der Waals surface area (Å²) in [6.45, 7) is 6.01. The number of thiol groups is 1. The van der Waals surface area contributed by atoms with Crippen molar-refractivity contribution in [1.29, 1.82) is 0 Å². The number of hydrogen-bond donors (Lipinski definition) is 1. The molecule has 2 aromatic carbocycles. The minimum Gasteiger partial charge on any atom is -0.461 e. The molecule has 0 amide bonds. The lowest BCUT2D eigenvalue weighted by Gasteiger charge is -2.31. The Balaban J connectivity index is 2.79. The van der Waals surface area contributed by atoms with Crippen molar-refractivity contribution in [2.75, 3.05) is 6.61 Å². The number of esters is 2. The summed E-state index contributed by atoms with van der Waals surface area (Å²) in [6.07, 6.45) is 0. The van der Waals surface area contributed by atoms with E-state index in [1.807, 2.05) is 12.1 Å². The monoisotopic (exact) mass is 402 g/mol. The Kier molecular flexibility index (Phi) is 7.02. The topological polar surface area (TPSA) is 52.6 Å². The van der Waals surface area contributed by atoms with Gasteiger partial charge in [0.2, 0.25) is 0 Å². The van der Waals surface area contributed by atoms with Crippen LogP contribution in [0.4, 0.5) is 4.39 Å². The zero-order valence-electron chi connectivity index (χ0n) is 16.3. The Morgan fingerprint density at radius 1 is 1.00 bits per heavy atom. The molecule has 28 heavy (non-hydrogen) atoms. The fourth-order valence-electron chi connectivity index (χ4n) is 3.07. The van der Waals surface area contributed by atoms with Crippen LogP contribution >= 0.6 is 12.6 Å². The van der Waals surface area contributed by atoms with E-state index in [1.165, 1.54) is 26.0 Å². The largest absolute Gasteiger partial charge is 0.461 e. The van der Waals surface area contributed by atoms with Crippen molar-refractivity contribution < 1.29 is 23.5 Å². The van der Waals surface area contributed by atoms with Gasteiger partial charge < -0.3 is 9.47 Å². The highest BCUT2D eigenvalue weighted by Crippen LogP contribution is 2.38. The average Bonchev–Trinajstić information content (AvgIpc) is 2.58. The van der Waals surface area contributed by atoms with Gasteiger partial charge in [-0.25, -0.2) is 4.39 Å². The lowest BCUT2D eigenvalue weighted by molar-refractivity contribution is -0.149. The lowest BCUT2D eigenvalue weighted by atomic mass is 9.84. The number of halogens is 1. The van der Waals surface area contributed by atoms with Crippen LogP contribution in [0.3, 0.4) is 0 Å². The van der Waals surface area contributed by atoms with Crippen molar-refractivity contribution in [2.24, 2.45) is 0 Å². The molecule has 0 saturated heterocycles. The van der Waals surface area contributed by atoms with Crippen molar-refractivity contribution in [3.05, 3.63) is 65.5 Å². The van der Waals surface area contributed by atoms with E-state index in [0.717, 1.165) is 10.5 Å². The first-order chi connectivity index (χ1) is 13.1. The van der Waals surface area contributed by atoms with E-state index >= 15 is 0 Å². The maximum atomic E-state index is 13.9. The van der Waals surface area contributed by atoms with Crippen LogP contribution in [0.2, 0.25) is 0 Å².